The monoisotopic (exact) mass is 268 g/mol. The second kappa shape index (κ2) is 5.15. The molecule has 1 aromatic heterocycles. The number of likely N-dealkylation sites (N-methyl/N-ethyl adjacent to an activating group) is 1. The highest BCUT2D eigenvalue weighted by Gasteiger charge is 2.22. The third-order valence-electron chi connectivity index (χ3n) is 3.73. The number of hydrogen-bond acceptors (Lipinski definition) is 1. The van der Waals surface area contributed by atoms with Crippen molar-refractivity contribution in [3.8, 4) is 12.0 Å². The molecule has 0 saturated carbocycles. The van der Waals surface area contributed by atoms with Crippen molar-refractivity contribution in [3.63, 3.8) is 0 Å². The highest BCUT2D eigenvalue weighted by molar-refractivity contribution is 5.87. The summed E-state index contributed by atoms with van der Waals surface area (Å²) in [6.45, 7) is 3.81. The third kappa shape index (κ3) is 2.13. The van der Waals surface area contributed by atoms with Gasteiger partial charge in [-0.3, -0.25) is 4.57 Å². The minimum absolute atomic E-state index is 0.188. The first-order valence-corrected chi connectivity index (χ1v) is 6.83. The first-order chi connectivity index (χ1) is 9.70. The Balaban J connectivity index is 2.26. The minimum atomic E-state index is -0.188. The molecule has 0 atom stereocenters. The molecule has 2 nitrogen and oxygen atoms in total. The van der Waals surface area contributed by atoms with E-state index in [2.05, 4.69) is 23.9 Å². The number of halogens is 1. The summed E-state index contributed by atoms with van der Waals surface area (Å²) in [5.41, 5.74) is 3.44. The average molecular weight is 268 g/mol. The van der Waals surface area contributed by atoms with Gasteiger partial charge in [-0.05, 0) is 43.8 Å². The van der Waals surface area contributed by atoms with Gasteiger partial charge in [0, 0.05) is 36.6 Å². The molecular weight excluding hydrogens is 251 g/mol. The van der Waals surface area contributed by atoms with Gasteiger partial charge in [-0.2, -0.15) is 0 Å². The summed E-state index contributed by atoms with van der Waals surface area (Å²) in [7, 11) is 2.09. The summed E-state index contributed by atoms with van der Waals surface area (Å²) >= 11 is 0. The molecule has 102 valence electrons. The molecule has 1 aliphatic heterocycles. The maximum atomic E-state index is 13.5. The topological polar surface area (TPSA) is 8.17 Å². The van der Waals surface area contributed by atoms with Crippen LogP contribution in [0.3, 0.4) is 0 Å². The predicted molar refractivity (Wildman–Crippen MR) is 79.9 cm³/mol. The van der Waals surface area contributed by atoms with Crippen molar-refractivity contribution in [3.05, 3.63) is 47.4 Å². The molecule has 1 aromatic carbocycles. The summed E-state index contributed by atoms with van der Waals surface area (Å²) in [5.74, 6) is 2.84. The van der Waals surface area contributed by atoms with E-state index in [9.17, 15) is 4.39 Å². The fourth-order valence-electron chi connectivity index (χ4n) is 2.78. The van der Waals surface area contributed by atoms with Crippen molar-refractivity contribution < 1.29 is 4.39 Å². The number of nitrogens with zero attached hydrogens (tertiary/aromatic N) is 2. The van der Waals surface area contributed by atoms with Crippen LogP contribution in [0.1, 0.15) is 18.2 Å². The zero-order valence-electron chi connectivity index (χ0n) is 11.8. The Hall–Kier alpha value is -2.05. The van der Waals surface area contributed by atoms with Gasteiger partial charge < -0.3 is 4.90 Å². The van der Waals surface area contributed by atoms with Crippen LogP contribution in [0.5, 0.6) is 0 Å². The van der Waals surface area contributed by atoms with Gasteiger partial charge in [0.1, 0.15) is 5.82 Å². The normalized spacial score (nSPS) is 15.3. The molecule has 3 rings (SSSR count). The molecule has 2 aromatic rings. The highest BCUT2D eigenvalue weighted by atomic mass is 19.1. The second-order valence-corrected chi connectivity index (χ2v) is 5.17. The van der Waals surface area contributed by atoms with Crippen LogP contribution in [-0.4, -0.2) is 23.1 Å². The summed E-state index contributed by atoms with van der Waals surface area (Å²) in [6, 6.07) is 8.13. The van der Waals surface area contributed by atoms with E-state index in [1.54, 1.807) is 6.07 Å². The predicted octanol–water partition coefficient (Wildman–Crippen LogP) is 3.15. The van der Waals surface area contributed by atoms with Crippen LogP contribution in [-0.2, 0) is 13.0 Å². The molecule has 0 amide bonds. The average Bonchev–Trinajstić information content (AvgIpc) is 2.72. The molecule has 0 aliphatic carbocycles. The number of fused-ring (bicyclic) bond motifs is 3. The highest BCUT2D eigenvalue weighted by Crippen LogP contribution is 2.30. The molecule has 20 heavy (non-hydrogen) atoms. The first-order valence-electron chi connectivity index (χ1n) is 6.83. The van der Waals surface area contributed by atoms with Crippen LogP contribution in [0.2, 0.25) is 0 Å². The van der Waals surface area contributed by atoms with E-state index in [1.807, 2.05) is 29.7 Å². The van der Waals surface area contributed by atoms with Gasteiger partial charge in [-0.1, -0.05) is 12.0 Å². The molecule has 0 unspecified atom stereocenters. The number of benzene rings is 1. The lowest BCUT2D eigenvalue weighted by Crippen LogP contribution is -2.26. The number of hydrogen-bond donors (Lipinski definition) is 0. The fourth-order valence-corrected chi connectivity index (χ4v) is 2.78. The second-order valence-electron chi connectivity index (χ2n) is 5.17. The lowest BCUT2D eigenvalue weighted by Gasteiger charge is -2.23. The van der Waals surface area contributed by atoms with Crippen LogP contribution in [0.4, 0.5) is 4.39 Å². The SMILES string of the molecule is C/C=C/C#Cn1c2c(c3cc(F)ccc31)CN(C)CC2. The first kappa shape index (κ1) is 13.0. The largest absolute Gasteiger partial charge is 0.302 e. The molecular formula is C17H17FN2. The molecule has 0 N–H and O–H groups in total. The Morgan fingerprint density at radius 1 is 1.35 bits per heavy atom. The number of allylic oxidation sites excluding steroid dienone is 2. The van der Waals surface area contributed by atoms with Crippen LogP contribution in [0.25, 0.3) is 10.9 Å². The van der Waals surface area contributed by atoms with E-state index < -0.39 is 0 Å². The Labute approximate surface area is 118 Å². The summed E-state index contributed by atoms with van der Waals surface area (Å²) in [5, 5.41) is 0.987. The Bertz CT molecular complexity index is 744. The number of rotatable bonds is 0. The van der Waals surface area contributed by atoms with Crippen molar-refractivity contribution >= 4 is 10.9 Å². The molecule has 0 fully saturated rings. The van der Waals surface area contributed by atoms with E-state index in [4.69, 9.17) is 0 Å². The van der Waals surface area contributed by atoms with Gasteiger partial charge in [-0.15, -0.1) is 0 Å². The van der Waals surface area contributed by atoms with E-state index in [-0.39, 0.29) is 5.82 Å². The van der Waals surface area contributed by atoms with Gasteiger partial charge in [0.2, 0.25) is 0 Å². The molecule has 0 bridgehead atoms. The molecule has 2 heterocycles. The number of aromatic nitrogens is 1. The van der Waals surface area contributed by atoms with Crippen LogP contribution in [0.15, 0.2) is 30.4 Å². The molecule has 0 radical (unpaired) electrons. The van der Waals surface area contributed by atoms with E-state index in [0.29, 0.717) is 0 Å². The van der Waals surface area contributed by atoms with Gasteiger partial charge in [0.05, 0.1) is 5.52 Å². The van der Waals surface area contributed by atoms with E-state index >= 15 is 0 Å². The van der Waals surface area contributed by atoms with Gasteiger partial charge in [0.25, 0.3) is 0 Å². The van der Waals surface area contributed by atoms with Crippen molar-refractivity contribution in [1.82, 2.24) is 9.47 Å². The molecule has 0 spiro atoms. The maximum Gasteiger partial charge on any atom is 0.123 e. The van der Waals surface area contributed by atoms with Crippen LogP contribution >= 0.6 is 0 Å². The van der Waals surface area contributed by atoms with Crippen molar-refractivity contribution in [1.29, 1.82) is 0 Å². The fraction of sp³-hybridized carbons (Fsp3) is 0.294. The molecule has 0 saturated heterocycles. The quantitative estimate of drug-likeness (QED) is 0.666. The van der Waals surface area contributed by atoms with E-state index in [1.165, 1.54) is 17.3 Å². The van der Waals surface area contributed by atoms with Gasteiger partial charge >= 0.3 is 0 Å². The lowest BCUT2D eigenvalue weighted by molar-refractivity contribution is 0.311. The Kier molecular flexibility index (Phi) is 3.33. The summed E-state index contributed by atoms with van der Waals surface area (Å²) in [6.07, 6.45) is 4.70. The van der Waals surface area contributed by atoms with Crippen LogP contribution in [0, 0.1) is 17.8 Å². The Morgan fingerprint density at radius 2 is 2.20 bits per heavy atom. The maximum absolute atomic E-state index is 13.5. The van der Waals surface area contributed by atoms with Crippen molar-refractivity contribution in [2.45, 2.75) is 19.9 Å². The third-order valence-corrected chi connectivity index (χ3v) is 3.73. The smallest absolute Gasteiger partial charge is 0.123 e. The van der Waals surface area contributed by atoms with Crippen LogP contribution < -0.4 is 0 Å². The van der Waals surface area contributed by atoms with E-state index in [0.717, 1.165) is 30.4 Å². The summed E-state index contributed by atoms with van der Waals surface area (Å²) in [4.78, 5) is 2.26. The zero-order valence-corrected chi connectivity index (χ0v) is 11.8. The zero-order chi connectivity index (χ0) is 14.1. The molecule has 1 aliphatic rings. The van der Waals surface area contributed by atoms with Crippen molar-refractivity contribution in [2.75, 3.05) is 13.6 Å². The molecule has 3 heteroatoms. The van der Waals surface area contributed by atoms with Crippen molar-refractivity contribution in [2.24, 2.45) is 0 Å². The lowest BCUT2D eigenvalue weighted by atomic mass is 10.1. The summed E-state index contributed by atoms with van der Waals surface area (Å²) < 4.78 is 15.6. The van der Waals surface area contributed by atoms with Gasteiger partial charge in [0.15, 0.2) is 0 Å². The standard InChI is InChI=1S/C17H17FN2/c1-3-4-5-9-20-16-7-6-13(18)11-14(16)15-12-19(2)10-8-17(15)20/h3-4,6-7,11H,8,10,12H2,1-2H3/b4-3+. The Morgan fingerprint density at radius 3 is 3.00 bits per heavy atom. The van der Waals surface area contributed by atoms with Gasteiger partial charge in [-0.25, -0.2) is 4.39 Å². The minimum Gasteiger partial charge on any atom is -0.302 e.